The Morgan fingerprint density at radius 1 is 1.50 bits per heavy atom. The molecule has 0 amide bonds. The molecule has 1 unspecified atom stereocenters. The molecule has 2 aromatic rings. The van der Waals surface area contributed by atoms with Crippen molar-refractivity contribution in [1.82, 2.24) is 4.98 Å². The smallest absolute Gasteiger partial charge is 0.103 e. The van der Waals surface area contributed by atoms with E-state index in [2.05, 4.69) is 11.1 Å². The second kappa shape index (κ2) is 4.62. The fraction of sp³-hybridized carbons (Fsp3) is 0.333. The Labute approximate surface area is 122 Å². The number of rotatable bonds is 1. The first-order valence-corrected chi connectivity index (χ1v) is 6.84. The van der Waals surface area contributed by atoms with Gasteiger partial charge in [-0.25, -0.2) is 0 Å². The number of benzene rings is 1. The molecule has 5 heteroatoms. The Balaban J connectivity index is 2.22. The van der Waals surface area contributed by atoms with Crippen molar-refractivity contribution in [1.29, 1.82) is 5.26 Å². The van der Waals surface area contributed by atoms with Gasteiger partial charge < -0.3 is 10.0 Å². The van der Waals surface area contributed by atoms with Crippen LogP contribution in [-0.2, 0) is 0 Å². The quantitative estimate of drug-likeness (QED) is 0.876. The maximum Gasteiger partial charge on any atom is 0.103 e. The van der Waals surface area contributed by atoms with Crippen molar-refractivity contribution >= 4 is 28.2 Å². The van der Waals surface area contributed by atoms with E-state index in [0.29, 0.717) is 30.1 Å². The van der Waals surface area contributed by atoms with Crippen LogP contribution in [0.1, 0.15) is 18.9 Å². The number of nitriles is 1. The van der Waals surface area contributed by atoms with Gasteiger partial charge in [0.2, 0.25) is 0 Å². The number of aromatic nitrogens is 1. The molecule has 0 spiro atoms. The molecule has 2 heterocycles. The second-order valence-electron chi connectivity index (χ2n) is 5.46. The zero-order valence-corrected chi connectivity index (χ0v) is 11.9. The highest BCUT2D eigenvalue weighted by atomic mass is 35.5. The minimum atomic E-state index is -0.721. The third kappa shape index (κ3) is 2.20. The van der Waals surface area contributed by atoms with E-state index < -0.39 is 5.60 Å². The molecule has 1 aromatic carbocycles. The molecule has 1 N–H and O–H groups in total. The molecule has 0 radical (unpaired) electrons. The molecule has 0 aliphatic carbocycles. The number of β-amino-alcohol motifs (C(OH)–C–C–N with tert-alkyl or cyclic N) is 1. The molecule has 1 saturated heterocycles. The van der Waals surface area contributed by atoms with Crippen LogP contribution in [0.5, 0.6) is 0 Å². The van der Waals surface area contributed by atoms with Gasteiger partial charge in [0.05, 0.1) is 22.4 Å². The van der Waals surface area contributed by atoms with E-state index in [1.807, 2.05) is 24.0 Å². The van der Waals surface area contributed by atoms with Crippen molar-refractivity contribution in [3.8, 4) is 6.07 Å². The standard InChI is InChI=1S/C15H14ClN3O/c1-15(20)4-5-19(9-15)14-10(7-17)8-18-13-3-2-11(16)6-12(13)14/h2-3,6,8,20H,4-5,9H2,1H3. The molecule has 1 aliphatic heterocycles. The lowest BCUT2D eigenvalue weighted by Gasteiger charge is -2.23. The zero-order chi connectivity index (χ0) is 14.3. The predicted octanol–water partition coefficient (Wildman–Crippen LogP) is 2.72. The highest BCUT2D eigenvalue weighted by Crippen LogP contribution is 2.35. The van der Waals surface area contributed by atoms with Crippen LogP contribution < -0.4 is 4.90 Å². The van der Waals surface area contributed by atoms with Crippen molar-refractivity contribution in [2.45, 2.75) is 18.9 Å². The molecular formula is C15H14ClN3O. The van der Waals surface area contributed by atoms with Crippen LogP contribution in [0.3, 0.4) is 0 Å². The SMILES string of the molecule is CC1(O)CCN(c2c(C#N)cnc3ccc(Cl)cc23)C1. The van der Waals surface area contributed by atoms with Crippen LogP contribution in [0.15, 0.2) is 24.4 Å². The van der Waals surface area contributed by atoms with Crippen LogP contribution in [-0.4, -0.2) is 28.8 Å². The van der Waals surface area contributed by atoms with E-state index in [4.69, 9.17) is 11.6 Å². The fourth-order valence-corrected chi connectivity index (χ4v) is 2.88. The lowest BCUT2D eigenvalue weighted by Crippen LogP contribution is -2.30. The Morgan fingerprint density at radius 3 is 2.95 bits per heavy atom. The van der Waals surface area contributed by atoms with Crippen molar-refractivity contribution in [2.75, 3.05) is 18.0 Å². The molecular weight excluding hydrogens is 274 g/mol. The lowest BCUT2D eigenvalue weighted by molar-refractivity contribution is 0.0839. The molecule has 1 fully saturated rings. The number of hydrogen-bond acceptors (Lipinski definition) is 4. The van der Waals surface area contributed by atoms with Gasteiger partial charge in [-0.1, -0.05) is 11.6 Å². The molecule has 0 saturated carbocycles. The van der Waals surface area contributed by atoms with E-state index in [1.165, 1.54) is 0 Å². The van der Waals surface area contributed by atoms with Crippen molar-refractivity contribution < 1.29 is 5.11 Å². The lowest BCUT2D eigenvalue weighted by atomic mass is 10.1. The van der Waals surface area contributed by atoms with Crippen LogP contribution in [0.4, 0.5) is 5.69 Å². The van der Waals surface area contributed by atoms with Gasteiger partial charge in [-0.2, -0.15) is 5.26 Å². The highest BCUT2D eigenvalue weighted by Gasteiger charge is 2.33. The number of hydrogen-bond donors (Lipinski definition) is 1. The van der Waals surface area contributed by atoms with Gasteiger partial charge in [0, 0.05) is 29.7 Å². The highest BCUT2D eigenvalue weighted by molar-refractivity contribution is 6.31. The number of aliphatic hydroxyl groups is 1. The largest absolute Gasteiger partial charge is 0.388 e. The molecule has 3 rings (SSSR count). The van der Waals surface area contributed by atoms with Gasteiger partial charge in [0.1, 0.15) is 6.07 Å². The van der Waals surface area contributed by atoms with E-state index in [1.54, 1.807) is 12.3 Å². The number of pyridine rings is 1. The van der Waals surface area contributed by atoms with Gasteiger partial charge in [0.15, 0.2) is 0 Å². The van der Waals surface area contributed by atoms with Gasteiger partial charge in [-0.15, -0.1) is 0 Å². The summed E-state index contributed by atoms with van der Waals surface area (Å²) in [5, 5.41) is 20.9. The van der Waals surface area contributed by atoms with Gasteiger partial charge in [-0.3, -0.25) is 4.98 Å². The van der Waals surface area contributed by atoms with Gasteiger partial charge in [-0.05, 0) is 31.5 Å². The summed E-state index contributed by atoms with van der Waals surface area (Å²) in [6.45, 7) is 3.04. The molecule has 102 valence electrons. The maximum atomic E-state index is 10.2. The Morgan fingerprint density at radius 2 is 2.30 bits per heavy atom. The summed E-state index contributed by atoms with van der Waals surface area (Å²) < 4.78 is 0. The van der Waals surface area contributed by atoms with Crippen molar-refractivity contribution in [3.63, 3.8) is 0 Å². The average Bonchev–Trinajstić information content (AvgIpc) is 2.77. The number of fused-ring (bicyclic) bond motifs is 1. The van der Waals surface area contributed by atoms with Crippen molar-refractivity contribution in [2.24, 2.45) is 0 Å². The van der Waals surface area contributed by atoms with E-state index in [-0.39, 0.29) is 0 Å². The number of halogens is 1. The normalized spacial score (nSPS) is 22.2. The average molecular weight is 288 g/mol. The minimum absolute atomic E-state index is 0.507. The molecule has 1 atom stereocenters. The predicted molar refractivity (Wildman–Crippen MR) is 78.9 cm³/mol. The summed E-state index contributed by atoms with van der Waals surface area (Å²) in [7, 11) is 0. The van der Waals surface area contributed by atoms with E-state index in [9.17, 15) is 10.4 Å². The number of nitrogens with zero attached hydrogens (tertiary/aromatic N) is 3. The summed E-state index contributed by atoms with van der Waals surface area (Å²) in [4.78, 5) is 6.33. The molecule has 20 heavy (non-hydrogen) atoms. The Bertz CT molecular complexity index is 721. The van der Waals surface area contributed by atoms with Crippen molar-refractivity contribution in [3.05, 3.63) is 35.0 Å². The van der Waals surface area contributed by atoms with E-state index >= 15 is 0 Å². The minimum Gasteiger partial charge on any atom is -0.388 e. The van der Waals surface area contributed by atoms with Crippen LogP contribution in [0.25, 0.3) is 10.9 Å². The third-order valence-electron chi connectivity index (χ3n) is 3.69. The fourth-order valence-electron chi connectivity index (χ4n) is 2.71. The molecule has 4 nitrogen and oxygen atoms in total. The monoisotopic (exact) mass is 287 g/mol. The van der Waals surface area contributed by atoms with Crippen LogP contribution >= 0.6 is 11.6 Å². The molecule has 0 bridgehead atoms. The van der Waals surface area contributed by atoms with Crippen LogP contribution in [0, 0.1) is 11.3 Å². The second-order valence-corrected chi connectivity index (χ2v) is 5.90. The number of anilines is 1. The van der Waals surface area contributed by atoms with Gasteiger partial charge >= 0.3 is 0 Å². The first kappa shape index (κ1) is 13.2. The summed E-state index contributed by atoms with van der Waals surface area (Å²) in [5.41, 5.74) is 1.41. The third-order valence-corrected chi connectivity index (χ3v) is 3.93. The first-order valence-electron chi connectivity index (χ1n) is 6.46. The maximum absolute atomic E-state index is 10.2. The Hall–Kier alpha value is -1.83. The topological polar surface area (TPSA) is 60.1 Å². The van der Waals surface area contributed by atoms with Gasteiger partial charge in [0.25, 0.3) is 0 Å². The summed E-state index contributed by atoms with van der Waals surface area (Å²) >= 11 is 6.07. The molecule has 1 aromatic heterocycles. The summed E-state index contributed by atoms with van der Waals surface area (Å²) in [5.74, 6) is 0. The summed E-state index contributed by atoms with van der Waals surface area (Å²) in [6.07, 6.45) is 2.26. The zero-order valence-electron chi connectivity index (χ0n) is 11.1. The first-order chi connectivity index (χ1) is 9.50. The summed E-state index contributed by atoms with van der Waals surface area (Å²) in [6, 6.07) is 7.64. The van der Waals surface area contributed by atoms with Crippen LogP contribution in [0.2, 0.25) is 5.02 Å². The molecule has 1 aliphatic rings. The van der Waals surface area contributed by atoms with E-state index in [0.717, 1.165) is 16.6 Å². The Kier molecular flexibility index (Phi) is 3.04.